The fourth-order valence-corrected chi connectivity index (χ4v) is 3.44. The number of ether oxygens (including phenoxy) is 3. The number of halogens is 1. The first-order valence-electron chi connectivity index (χ1n) is 8.81. The van der Waals surface area contributed by atoms with E-state index in [9.17, 15) is 4.79 Å². The van der Waals surface area contributed by atoms with Crippen molar-refractivity contribution in [3.8, 4) is 0 Å². The van der Waals surface area contributed by atoms with Crippen LogP contribution in [0.25, 0.3) is 0 Å². The molecular weight excluding hydrogens is 423 g/mol. The first-order valence-corrected chi connectivity index (χ1v) is 9.89. The number of carbonyl (C=O) groups excluding carboxylic acids is 1. The SMILES string of the molecule is O=C(NCCOCCOCCNI)OCC12CC/C=C\CCC1C2. The number of hydrogen-bond donors (Lipinski definition) is 2. The van der Waals surface area contributed by atoms with Gasteiger partial charge in [0.1, 0.15) is 0 Å². The summed E-state index contributed by atoms with van der Waals surface area (Å²) >= 11 is 2.08. The van der Waals surface area contributed by atoms with Crippen LogP contribution in [0.4, 0.5) is 4.79 Å². The molecular formula is C17H29IN2O4. The largest absolute Gasteiger partial charge is 0.449 e. The van der Waals surface area contributed by atoms with Gasteiger partial charge >= 0.3 is 6.09 Å². The number of alkyl carbamates (subject to hydrolysis) is 1. The normalized spacial score (nSPS) is 26.8. The fraction of sp³-hybridized carbons (Fsp3) is 0.824. The van der Waals surface area contributed by atoms with Crippen LogP contribution in [0.2, 0.25) is 0 Å². The zero-order valence-corrected chi connectivity index (χ0v) is 16.4. The van der Waals surface area contributed by atoms with Crippen molar-refractivity contribution >= 4 is 29.0 Å². The molecule has 2 aliphatic carbocycles. The number of carbonyl (C=O) groups is 1. The Hall–Kier alpha value is -0.380. The lowest BCUT2D eigenvalue weighted by Gasteiger charge is -2.18. The van der Waals surface area contributed by atoms with E-state index in [1.54, 1.807) is 0 Å². The lowest BCUT2D eigenvalue weighted by atomic mass is 9.94. The van der Waals surface area contributed by atoms with Crippen LogP contribution in [-0.4, -0.2) is 52.2 Å². The Morgan fingerprint density at radius 3 is 2.67 bits per heavy atom. The zero-order valence-electron chi connectivity index (χ0n) is 14.2. The second-order valence-electron chi connectivity index (χ2n) is 6.46. The van der Waals surface area contributed by atoms with Crippen LogP contribution < -0.4 is 8.85 Å². The quantitative estimate of drug-likeness (QED) is 0.219. The number of nitrogens with one attached hydrogen (secondary N) is 2. The van der Waals surface area contributed by atoms with E-state index in [2.05, 4.69) is 43.9 Å². The summed E-state index contributed by atoms with van der Waals surface area (Å²) in [5, 5.41) is 2.75. The second kappa shape index (κ2) is 11.3. The number of fused-ring (bicyclic) bond motifs is 1. The molecule has 2 atom stereocenters. The minimum absolute atomic E-state index is 0.253. The molecule has 2 unspecified atom stereocenters. The molecule has 24 heavy (non-hydrogen) atoms. The molecule has 0 saturated heterocycles. The van der Waals surface area contributed by atoms with Crippen LogP contribution in [0, 0.1) is 11.3 Å². The smallest absolute Gasteiger partial charge is 0.407 e. The van der Waals surface area contributed by atoms with Crippen LogP contribution in [0.1, 0.15) is 32.1 Å². The molecule has 0 radical (unpaired) electrons. The minimum atomic E-state index is -0.333. The Kier molecular flexibility index (Phi) is 9.37. The van der Waals surface area contributed by atoms with Gasteiger partial charge in [0, 0.05) is 41.4 Å². The topological polar surface area (TPSA) is 68.8 Å². The zero-order chi connectivity index (χ0) is 17.1. The average molecular weight is 452 g/mol. The van der Waals surface area contributed by atoms with Gasteiger partial charge in [0.25, 0.3) is 0 Å². The predicted octanol–water partition coefficient (Wildman–Crippen LogP) is 2.82. The van der Waals surface area contributed by atoms with Crippen molar-refractivity contribution in [2.24, 2.45) is 11.3 Å². The lowest BCUT2D eigenvalue weighted by molar-refractivity contribution is 0.0502. The van der Waals surface area contributed by atoms with Crippen molar-refractivity contribution in [3.05, 3.63) is 12.2 Å². The molecule has 1 fully saturated rings. The number of allylic oxidation sites excluding steroid dienone is 2. The van der Waals surface area contributed by atoms with Crippen LogP contribution in [0.3, 0.4) is 0 Å². The summed E-state index contributed by atoms with van der Waals surface area (Å²) < 4.78 is 19.1. The molecule has 7 heteroatoms. The van der Waals surface area contributed by atoms with Crippen LogP contribution in [0.5, 0.6) is 0 Å². The maximum Gasteiger partial charge on any atom is 0.407 e. The van der Waals surface area contributed by atoms with E-state index in [0.717, 1.165) is 31.7 Å². The lowest BCUT2D eigenvalue weighted by Crippen LogP contribution is -2.30. The Morgan fingerprint density at radius 2 is 1.88 bits per heavy atom. The van der Waals surface area contributed by atoms with E-state index in [1.807, 2.05) is 0 Å². The summed E-state index contributed by atoms with van der Waals surface area (Å²) in [5.74, 6) is 0.737. The van der Waals surface area contributed by atoms with Crippen molar-refractivity contribution in [3.63, 3.8) is 0 Å². The maximum atomic E-state index is 11.8. The van der Waals surface area contributed by atoms with Crippen molar-refractivity contribution in [2.75, 3.05) is 46.1 Å². The van der Waals surface area contributed by atoms with Gasteiger partial charge in [-0.3, -0.25) is 3.53 Å². The highest BCUT2D eigenvalue weighted by Crippen LogP contribution is 2.58. The van der Waals surface area contributed by atoms with Gasteiger partial charge in [-0.25, -0.2) is 4.79 Å². The van der Waals surface area contributed by atoms with Crippen molar-refractivity contribution in [1.29, 1.82) is 0 Å². The van der Waals surface area contributed by atoms with Gasteiger partial charge in [-0.2, -0.15) is 0 Å². The van der Waals surface area contributed by atoms with Gasteiger partial charge in [-0.1, -0.05) is 12.2 Å². The highest BCUT2D eigenvalue weighted by atomic mass is 127. The van der Waals surface area contributed by atoms with E-state index in [-0.39, 0.29) is 11.5 Å². The van der Waals surface area contributed by atoms with Crippen molar-refractivity contribution in [2.45, 2.75) is 32.1 Å². The molecule has 0 aromatic carbocycles. The van der Waals surface area contributed by atoms with Crippen LogP contribution >= 0.6 is 22.9 Å². The Bertz CT molecular complexity index is 408. The number of rotatable bonds is 11. The molecule has 2 aliphatic rings. The maximum absolute atomic E-state index is 11.8. The van der Waals surface area contributed by atoms with Crippen LogP contribution in [-0.2, 0) is 14.2 Å². The highest BCUT2D eigenvalue weighted by Gasteiger charge is 2.53. The molecule has 0 aromatic heterocycles. The average Bonchev–Trinajstić information content (AvgIpc) is 3.23. The Morgan fingerprint density at radius 1 is 1.12 bits per heavy atom. The summed E-state index contributed by atoms with van der Waals surface area (Å²) in [5.41, 5.74) is 0.253. The van der Waals surface area contributed by atoms with Gasteiger partial charge in [-0.15, -0.1) is 0 Å². The van der Waals surface area contributed by atoms with Gasteiger partial charge in [0.15, 0.2) is 0 Å². The monoisotopic (exact) mass is 452 g/mol. The van der Waals surface area contributed by atoms with Gasteiger partial charge < -0.3 is 19.5 Å². The fourth-order valence-electron chi connectivity index (χ4n) is 3.22. The van der Waals surface area contributed by atoms with Gasteiger partial charge in [0.05, 0.1) is 33.0 Å². The first kappa shape index (κ1) is 19.9. The van der Waals surface area contributed by atoms with E-state index < -0.39 is 0 Å². The standard InChI is InChI=1S/C17H29IN2O4/c18-20-8-10-23-12-11-22-9-7-19-16(21)24-14-17-6-4-2-1-3-5-15(17)13-17/h1-2,15,20H,3-14H2,(H,19,21)/b2-1-. The molecule has 2 rings (SSSR count). The second-order valence-corrected chi connectivity index (χ2v) is 7.22. The summed E-state index contributed by atoms with van der Waals surface area (Å²) in [6, 6.07) is 0. The molecule has 0 aliphatic heterocycles. The molecule has 0 spiro atoms. The molecule has 138 valence electrons. The Balaban J connectivity index is 1.45. The molecule has 0 bridgehead atoms. The minimum Gasteiger partial charge on any atom is -0.449 e. The highest BCUT2D eigenvalue weighted by molar-refractivity contribution is 14.1. The van der Waals surface area contributed by atoms with Gasteiger partial charge in [0.2, 0.25) is 0 Å². The Labute approximate surface area is 158 Å². The summed E-state index contributed by atoms with van der Waals surface area (Å²) in [6.45, 7) is 4.10. The van der Waals surface area contributed by atoms with E-state index in [0.29, 0.717) is 39.6 Å². The van der Waals surface area contributed by atoms with Crippen molar-refractivity contribution in [1.82, 2.24) is 8.85 Å². The third kappa shape index (κ3) is 7.25. The molecule has 0 aromatic rings. The van der Waals surface area contributed by atoms with E-state index in [4.69, 9.17) is 14.2 Å². The van der Waals surface area contributed by atoms with Gasteiger partial charge in [-0.05, 0) is 38.0 Å². The molecule has 1 saturated carbocycles. The summed E-state index contributed by atoms with van der Waals surface area (Å²) in [7, 11) is 0. The summed E-state index contributed by atoms with van der Waals surface area (Å²) in [6.07, 6.45) is 10.0. The first-order chi connectivity index (χ1) is 11.8. The van der Waals surface area contributed by atoms with E-state index >= 15 is 0 Å². The van der Waals surface area contributed by atoms with E-state index in [1.165, 1.54) is 12.8 Å². The third-order valence-electron chi connectivity index (χ3n) is 4.74. The molecule has 0 heterocycles. The number of hydrogen-bond acceptors (Lipinski definition) is 5. The molecule has 1 amide bonds. The molecule has 6 nitrogen and oxygen atoms in total. The van der Waals surface area contributed by atoms with Crippen molar-refractivity contribution < 1.29 is 19.0 Å². The predicted molar refractivity (Wildman–Crippen MR) is 101 cm³/mol. The molecule has 2 N–H and O–H groups in total. The number of amides is 1. The third-order valence-corrected chi connectivity index (χ3v) is 5.27. The summed E-state index contributed by atoms with van der Waals surface area (Å²) in [4.78, 5) is 11.8. The van der Waals surface area contributed by atoms with Crippen LogP contribution in [0.15, 0.2) is 12.2 Å².